The van der Waals surface area contributed by atoms with Gasteiger partial charge in [-0.2, -0.15) is 0 Å². The Labute approximate surface area is 70.4 Å². The minimum Gasteiger partial charge on any atom is -0.370 e. The van der Waals surface area contributed by atoms with Crippen LogP contribution in [0.3, 0.4) is 0 Å². The van der Waals surface area contributed by atoms with Gasteiger partial charge in [-0.25, -0.2) is 0 Å². The van der Waals surface area contributed by atoms with Crippen LogP contribution in [0.25, 0.3) is 0 Å². The highest BCUT2D eigenvalue weighted by atomic mass is 28.2. The van der Waals surface area contributed by atoms with Gasteiger partial charge in [-0.15, -0.1) is 0 Å². The fourth-order valence-electron chi connectivity index (χ4n) is 0.709. The molecule has 1 N–H and O–H groups in total. The molecule has 1 amide bonds. The second-order valence-corrected chi connectivity index (χ2v) is 3.77. The topological polar surface area (TPSA) is 32.3 Å². The number of nitrogens with zero attached hydrogens (tertiary/aromatic N) is 1. The Hall–Kier alpha value is -0.613. The van der Waals surface area contributed by atoms with E-state index in [-0.39, 0.29) is 5.91 Å². The first-order chi connectivity index (χ1) is 5.24. The minimum absolute atomic E-state index is 0.0523. The lowest BCUT2D eigenvalue weighted by Gasteiger charge is -2.16. The summed E-state index contributed by atoms with van der Waals surface area (Å²) in [5.74, 6) is -0.0523. The predicted octanol–water partition coefficient (Wildman–Crippen LogP) is -0.371. The van der Waals surface area contributed by atoms with Gasteiger partial charge in [0, 0.05) is 0 Å². The molecule has 0 aliphatic rings. The van der Waals surface area contributed by atoms with Gasteiger partial charge >= 0.3 is 0 Å². The quantitative estimate of drug-likeness (QED) is 0.453. The first-order valence-electron chi connectivity index (χ1n) is 3.87. The van der Waals surface area contributed by atoms with Crippen LogP contribution >= 0.6 is 0 Å². The molecule has 0 radical (unpaired) electrons. The third kappa shape index (κ3) is 4.75. The maximum atomic E-state index is 10.7. The molecule has 3 nitrogen and oxygen atoms in total. The fraction of sp³-hybridized carbons (Fsp3) is 0.571. The van der Waals surface area contributed by atoms with Crippen molar-refractivity contribution in [2.75, 3.05) is 13.1 Å². The fourth-order valence-corrected chi connectivity index (χ4v) is 1.68. The van der Waals surface area contributed by atoms with Crippen LogP contribution in [0.4, 0.5) is 0 Å². The average molecular weight is 172 g/mol. The number of hydrogen-bond acceptors (Lipinski definition) is 2. The van der Waals surface area contributed by atoms with Gasteiger partial charge in [-0.3, -0.25) is 4.79 Å². The Kier molecular flexibility index (Phi) is 5.78. The number of rotatable bonds is 5. The van der Waals surface area contributed by atoms with Gasteiger partial charge in [0.15, 0.2) is 0 Å². The zero-order valence-corrected chi connectivity index (χ0v) is 8.68. The number of carbonyl (C=O) groups is 1. The Balaban J connectivity index is 3.49. The molecule has 0 aliphatic heterocycles. The first kappa shape index (κ1) is 10.4. The zero-order valence-electron chi connectivity index (χ0n) is 7.26. The molecule has 0 unspecified atom stereocenters. The van der Waals surface area contributed by atoms with Crippen LogP contribution in [0.15, 0.2) is 12.7 Å². The summed E-state index contributed by atoms with van der Waals surface area (Å²) in [5.41, 5.74) is 0. The highest BCUT2D eigenvalue weighted by Gasteiger charge is 1.99. The molecule has 0 aromatic heterocycles. The van der Waals surface area contributed by atoms with Crippen LogP contribution in [-0.2, 0) is 4.79 Å². The second-order valence-electron chi connectivity index (χ2n) is 2.21. The van der Waals surface area contributed by atoms with E-state index in [1.54, 1.807) is 0 Å². The van der Waals surface area contributed by atoms with Crippen molar-refractivity contribution in [3.63, 3.8) is 0 Å². The summed E-state index contributed by atoms with van der Waals surface area (Å²) in [7, 11) is -0.571. The van der Waals surface area contributed by atoms with E-state index in [2.05, 4.69) is 30.0 Å². The summed E-state index contributed by atoms with van der Waals surface area (Å²) in [6.07, 6.45) is 1.32. The smallest absolute Gasteiger partial charge is 0.236 e. The molecule has 0 rings (SSSR count). The van der Waals surface area contributed by atoms with Crippen molar-refractivity contribution in [1.82, 2.24) is 9.55 Å². The van der Waals surface area contributed by atoms with Gasteiger partial charge < -0.3 is 9.55 Å². The van der Waals surface area contributed by atoms with E-state index in [9.17, 15) is 4.79 Å². The van der Waals surface area contributed by atoms with Crippen LogP contribution in [-0.4, -0.2) is 33.4 Å². The third-order valence-corrected chi connectivity index (χ3v) is 3.40. The van der Waals surface area contributed by atoms with Gasteiger partial charge in [0.25, 0.3) is 0 Å². The van der Waals surface area contributed by atoms with E-state index >= 15 is 0 Å². The van der Waals surface area contributed by atoms with Crippen molar-refractivity contribution in [3.05, 3.63) is 12.7 Å². The van der Waals surface area contributed by atoms with E-state index in [0.717, 1.165) is 13.1 Å². The Bertz CT molecular complexity index is 134. The maximum absolute atomic E-state index is 10.7. The van der Waals surface area contributed by atoms with Gasteiger partial charge in [-0.05, 0) is 19.2 Å². The SMILES string of the molecule is C=CC(=O)N[SiH2]N(CC)CC. The standard InChI is InChI=1S/C7H16N2OSi/c1-4-7(10)8-11-9(5-2)6-3/h4H,1,5-6,11H2,2-3H3,(H,8,10). The molecule has 11 heavy (non-hydrogen) atoms. The molecule has 4 heteroatoms. The summed E-state index contributed by atoms with van der Waals surface area (Å²) in [6.45, 7) is 9.60. The van der Waals surface area contributed by atoms with Crippen molar-refractivity contribution in [2.24, 2.45) is 0 Å². The van der Waals surface area contributed by atoms with Crippen LogP contribution < -0.4 is 4.98 Å². The predicted molar refractivity (Wildman–Crippen MR) is 49.8 cm³/mol. The normalized spacial score (nSPS) is 10.8. The molecule has 0 aromatic rings. The molecule has 0 aromatic carbocycles. The summed E-state index contributed by atoms with van der Waals surface area (Å²) in [4.78, 5) is 13.6. The van der Waals surface area contributed by atoms with Crippen LogP contribution in [0, 0.1) is 0 Å². The molecular formula is C7H16N2OSi. The molecule has 0 aliphatic carbocycles. The molecule has 0 atom stereocenters. The van der Waals surface area contributed by atoms with Crippen LogP contribution in [0.1, 0.15) is 13.8 Å². The largest absolute Gasteiger partial charge is 0.370 e. The van der Waals surface area contributed by atoms with Crippen molar-refractivity contribution in [1.29, 1.82) is 0 Å². The van der Waals surface area contributed by atoms with E-state index in [1.807, 2.05) is 0 Å². The number of carbonyl (C=O) groups excluding carboxylic acids is 1. The molecule has 0 saturated carbocycles. The number of amides is 1. The highest BCUT2D eigenvalue weighted by Crippen LogP contribution is 1.79. The van der Waals surface area contributed by atoms with E-state index in [1.165, 1.54) is 6.08 Å². The van der Waals surface area contributed by atoms with Crippen molar-refractivity contribution in [2.45, 2.75) is 13.8 Å². The Morgan fingerprint density at radius 2 is 2.18 bits per heavy atom. The number of hydrogen-bond donors (Lipinski definition) is 1. The van der Waals surface area contributed by atoms with Gasteiger partial charge in [-0.1, -0.05) is 20.4 Å². The van der Waals surface area contributed by atoms with E-state index in [4.69, 9.17) is 0 Å². The average Bonchev–Trinajstić information content (AvgIpc) is 2.06. The lowest BCUT2D eigenvalue weighted by molar-refractivity contribution is -0.115. The van der Waals surface area contributed by atoms with E-state index < -0.39 is 9.84 Å². The molecule has 64 valence electrons. The summed E-state index contributed by atoms with van der Waals surface area (Å²) < 4.78 is 2.25. The first-order valence-corrected chi connectivity index (χ1v) is 5.21. The maximum Gasteiger partial charge on any atom is 0.236 e. The molecule has 0 saturated heterocycles. The van der Waals surface area contributed by atoms with Gasteiger partial charge in [0.1, 0.15) is 0 Å². The summed E-state index contributed by atoms with van der Waals surface area (Å²) >= 11 is 0. The highest BCUT2D eigenvalue weighted by molar-refractivity contribution is 6.34. The lowest BCUT2D eigenvalue weighted by atomic mass is 10.6. The Morgan fingerprint density at radius 1 is 1.64 bits per heavy atom. The minimum atomic E-state index is -0.571. The lowest BCUT2D eigenvalue weighted by Crippen LogP contribution is -2.40. The number of nitrogens with one attached hydrogen (secondary N) is 1. The van der Waals surface area contributed by atoms with Gasteiger partial charge in [0.2, 0.25) is 15.7 Å². The van der Waals surface area contributed by atoms with Crippen LogP contribution in [0.2, 0.25) is 0 Å². The third-order valence-electron chi connectivity index (χ3n) is 1.56. The Morgan fingerprint density at radius 3 is 2.55 bits per heavy atom. The molecular weight excluding hydrogens is 156 g/mol. The van der Waals surface area contributed by atoms with E-state index in [0.29, 0.717) is 0 Å². The second kappa shape index (κ2) is 6.12. The monoisotopic (exact) mass is 172 g/mol. The van der Waals surface area contributed by atoms with Crippen molar-refractivity contribution < 1.29 is 4.79 Å². The van der Waals surface area contributed by atoms with Crippen molar-refractivity contribution in [3.8, 4) is 0 Å². The summed E-state index contributed by atoms with van der Waals surface area (Å²) in [6, 6.07) is 0. The molecule has 0 fully saturated rings. The van der Waals surface area contributed by atoms with Gasteiger partial charge in [0.05, 0.1) is 0 Å². The molecule has 0 spiro atoms. The molecule has 0 bridgehead atoms. The zero-order chi connectivity index (χ0) is 8.69. The summed E-state index contributed by atoms with van der Waals surface area (Å²) in [5, 5.41) is 0. The van der Waals surface area contributed by atoms with Crippen LogP contribution in [0.5, 0.6) is 0 Å². The molecule has 0 heterocycles. The van der Waals surface area contributed by atoms with Crippen molar-refractivity contribution >= 4 is 15.7 Å².